The summed E-state index contributed by atoms with van der Waals surface area (Å²) in [6, 6.07) is 27.4. The van der Waals surface area contributed by atoms with Gasteiger partial charge in [0, 0.05) is 41.7 Å². The molecule has 11 heteroatoms. The molecule has 226 valence electrons. The number of aromatic nitrogens is 3. The van der Waals surface area contributed by atoms with Crippen molar-refractivity contribution >= 4 is 33.2 Å². The predicted molar refractivity (Wildman–Crippen MR) is 172 cm³/mol. The molecular formula is C33H34N6O4S. The quantitative estimate of drug-likeness (QED) is 0.163. The number of amides is 2. The van der Waals surface area contributed by atoms with E-state index in [-0.39, 0.29) is 10.3 Å². The van der Waals surface area contributed by atoms with Crippen molar-refractivity contribution in [1.82, 2.24) is 14.8 Å². The maximum Gasteiger partial charge on any atom is 0.324 e. The van der Waals surface area contributed by atoms with Crippen molar-refractivity contribution in [3.63, 3.8) is 0 Å². The molecule has 0 aliphatic rings. The average molecular weight is 611 g/mol. The van der Waals surface area contributed by atoms with Crippen LogP contribution in [0.15, 0.2) is 114 Å². The minimum atomic E-state index is -3.79. The number of carbonyl (C=O) groups excluding carboxylic acids is 1. The third-order valence-corrected chi connectivity index (χ3v) is 8.06. The van der Waals surface area contributed by atoms with Gasteiger partial charge in [-0.25, -0.2) is 17.9 Å². The van der Waals surface area contributed by atoms with Gasteiger partial charge in [-0.15, -0.1) is 0 Å². The van der Waals surface area contributed by atoms with Crippen LogP contribution in [-0.4, -0.2) is 35.8 Å². The fourth-order valence-electron chi connectivity index (χ4n) is 4.27. The van der Waals surface area contributed by atoms with E-state index in [0.29, 0.717) is 35.2 Å². The monoisotopic (exact) mass is 610 g/mol. The molecule has 0 fully saturated rings. The van der Waals surface area contributed by atoms with E-state index < -0.39 is 16.1 Å². The van der Waals surface area contributed by atoms with Gasteiger partial charge in [-0.3, -0.25) is 15.0 Å². The molecule has 2 heterocycles. The summed E-state index contributed by atoms with van der Waals surface area (Å²) in [7, 11) is -3.79. The number of nitrogens with zero attached hydrogens (tertiary/aromatic N) is 3. The lowest BCUT2D eigenvalue weighted by molar-refractivity contribution is 0.262. The first kappa shape index (κ1) is 30.3. The van der Waals surface area contributed by atoms with E-state index in [4.69, 9.17) is 9.84 Å². The summed E-state index contributed by atoms with van der Waals surface area (Å²) < 4.78 is 35.8. The number of ether oxygens (including phenoxy) is 1. The first-order valence-corrected chi connectivity index (χ1v) is 15.5. The van der Waals surface area contributed by atoms with E-state index in [1.807, 2.05) is 39.0 Å². The normalized spacial score (nSPS) is 11.5. The zero-order valence-corrected chi connectivity index (χ0v) is 25.5. The van der Waals surface area contributed by atoms with E-state index in [9.17, 15) is 13.2 Å². The standard InChI is InChI=1S/C33H34N6O4S/c1-33(2,3)30-23-31(36-32(40)35-25-9-13-28(14-10-25)43-22-19-24-17-20-34-21-18-24)39(37-30)27-11-15-29(16-12-27)44(41,42)38-26-7-5-4-6-8-26/h4-18,20-21,23,38H,19,22H2,1-3H3,(H2,35,36,40). The van der Waals surface area contributed by atoms with Gasteiger partial charge in [0.2, 0.25) is 0 Å². The topological polar surface area (TPSA) is 127 Å². The Balaban J connectivity index is 1.26. The Morgan fingerprint density at radius 3 is 2.18 bits per heavy atom. The van der Waals surface area contributed by atoms with Crippen LogP contribution in [0, 0.1) is 0 Å². The molecule has 5 rings (SSSR count). The number of sulfonamides is 1. The third kappa shape index (κ3) is 7.81. The van der Waals surface area contributed by atoms with Crippen molar-refractivity contribution in [3.05, 3.63) is 121 Å². The van der Waals surface area contributed by atoms with E-state index >= 15 is 0 Å². The van der Waals surface area contributed by atoms with Crippen molar-refractivity contribution in [1.29, 1.82) is 0 Å². The van der Waals surface area contributed by atoms with Crippen LogP contribution in [0.25, 0.3) is 5.69 Å². The number of hydrogen-bond donors (Lipinski definition) is 3. The molecule has 3 aromatic carbocycles. The summed E-state index contributed by atoms with van der Waals surface area (Å²) in [5.74, 6) is 1.13. The van der Waals surface area contributed by atoms with Crippen molar-refractivity contribution in [2.45, 2.75) is 37.5 Å². The fraction of sp³-hybridized carbons (Fsp3) is 0.182. The number of hydrogen-bond acceptors (Lipinski definition) is 6. The van der Waals surface area contributed by atoms with Crippen molar-refractivity contribution in [2.24, 2.45) is 0 Å². The molecular weight excluding hydrogens is 576 g/mol. The second kappa shape index (κ2) is 13.0. The van der Waals surface area contributed by atoms with Crippen LogP contribution < -0.4 is 20.1 Å². The highest BCUT2D eigenvalue weighted by atomic mass is 32.2. The summed E-state index contributed by atoms with van der Waals surface area (Å²) >= 11 is 0. The molecule has 44 heavy (non-hydrogen) atoms. The molecule has 2 amide bonds. The molecule has 0 atom stereocenters. The number of anilines is 3. The van der Waals surface area contributed by atoms with E-state index in [1.165, 1.54) is 12.1 Å². The Bertz CT molecular complexity index is 1800. The highest BCUT2D eigenvalue weighted by Crippen LogP contribution is 2.27. The lowest BCUT2D eigenvalue weighted by atomic mass is 9.92. The van der Waals surface area contributed by atoms with Gasteiger partial charge in [0.05, 0.1) is 22.9 Å². The number of pyridine rings is 1. The first-order chi connectivity index (χ1) is 21.1. The second-order valence-corrected chi connectivity index (χ2v) is 12.8. The van der Waals surface area contributed by atoms with Gasteiger partial charge < -0.3 is 10.1 Å². The van der Waals surface area contributed by atoms with Crippen molar-refractivity contribution in [3.8, 4) is 11.4 Å². The van der Waals surface area contributed by atoms with Gasteiger partial charge in [0.25, 0.3) is 10.0 Å². The molecule has 0 aliphatic heterocycles. The Morgan fingerprint density at radius 2 is 1.52 bits per heavy atom. The summed E-state index contributed by atoms with van der Waals surface area (Å²) in [5.41, 5.74) is 3.25. The molecule has 3 N–H and O–H groups in total. The molecule has 0 spiro atoms. The minimum absolute atomic E-state index is 0.102. The molecule has 0 unspecified atom stereocenters. The van der Waals surface area contributed by atoms with Gasteiger partial charge in [-0.2, -0.15) is 5.10 Å². The summed E-state index contributed by atoms with van der Waals surface area (Å²) in [4.78, 5) is 17.1. The highest BCUT2D eigenvalue weighted by molar-refractivity contribution is 7.92. The maximum atomic E-state index is 13.0. The van der Waals surface area contributed by atoms with E-state index in [2.05, 4.69) is 20.3 Å². The SMILES string of the molecule is CC(C)(C)c1cc(NC(=O)Nc2ccc(OCCc3ccncc3)cc2)n(-c2ccc(S(=O)(=O)Nc3ccccc3)cc2)n1. The predicted octanol–water partition coefficient (Wildman–Crippen LogP) is 6.63. The Hall–Kier alpha value is -5.16. The van der Waals surface area contributed by atoms with Gasteiger partial charge in [0.1, 0.15) is 11.6 Å². The molecule has 2 aromatic heterocycles. The number of carbonyl (C=O) groups is 1. The third-order valence-electron chi connectivity index (χ3n) is 6.66. The van der Waals surface area contributed by atoms with Crippen LogP contribution in [-0.2, 0) is 21.9 Å². The van der Waals surface area contributed by atoms with Crippen LogP contribution >= 0.6 is 0 Å². The number of urea groups is 1. The molecule has 0 bridgehead atoms. The van der Waals surface area contributed by atoms with Crippen LogP contribution in [0.2, 0.25) is 0 Å². The molecule has 0 radical (unpaired) electrons. The first-order valence-electron chi connectivity index (χ1n) is 14.1. The van der Waals surface area contributed by atoms with Gasteiger partial charge in [-0.1, -0.05) is 39.0 Å². The zero-order chi connectivity index (χ0) is 31.2. The fourth-order valence-corrected chi connectivity index (χ4v) is 5.33. The van der Waals surface area contributed by atoms with Gasteiger partial charge in [0.15, 0.2) is 0 Å². The second-order valence-electron chi connectivity index (χ2n) is 11.1. The van der Waals surface area contributed by atoms with E-state index in [1.54, 1.807) is 83.8 Å². The van der Waals surface area contributed by atoms with Crippen molar-refractivity contribution in [2.75, 3.05) is 22.0 Å². The van der Waals surface area contributed by atoms with Crippen LogP contribution in [0.1, 0.15) is 32.0 Å². The lowest BCUT2D eigenvalue weighted by Crippen LogP contribution is -2.21. The number of benzene rings is 3. The Kier molecular flexibility index (Phi) is 8.96. The molecule has 5 aromatic rings. The maximum absolute atomic E-state index is 13.0. The van der Waals surface area contributed by atoms with Crippen LogP contribution in [0.5, 0.6) is 5.75 Å². The van der Waals surface area contributed by atoms with Crippen molar-refractivity contribution < 1.29 is 17.9 Å². The van der Waals surface area contributed by atoms with Gasteiger partial charge in [-0.05, 0) is 78.4 Å². The highest BCUT2D eigenvalue weighted by Gasteiger charge is 2.22. The number of para-hydroxylation sites is 1. The van der Waals surface area contributed by atoms with Crippen LogP contribution in [0.4, 0.5) is 22.0 Å². The summed E-state index contributed by atoms with van der Waals surface area (Å²) in [6.07, 6.45) is 4.27. The minimum Gasteiger partial charge on any atom is -0.493 e. The van der Waals surface area contributed by atoms with Crippen LogP contribution in [0.3, 0.4) is 0 Å². The Morgan fingerprint density at radius 1 is 0.841 bits per heavy atom. The lowest BCUT2D eigenvalue weighted by Gasteiger charge is -2.14. The summed E-state index contributed by atoms with van der Waals surface area (Å²) in [6.45, 7) is 6.59. The van der Waals surface area contributed by atoms with Gasteiger partial charge >= 0.3 is 6.03 Å². The molecule has 10 nitrogen and oxygen atoms in total. The molecule has 0 saturated heterocycles. The number of rotatable bonds is 10. The number of nitrogens with one attached hydrogen (secondary N) is 3. The van der Waals surface area contributed by atoms with E-state index in [0.717, 1.165) is 17.7 Å². The largest absolute Gasteiger partial charge is 0.493 e. The summed E-state index contributed by atoms with van der Waals surface area (Å²) in [5, 5.41) is 10.4. The smallest absolute Gasteiger partial charge is 0.324 e. The zero-order valence-electron chi connectivity index (χ0n) is 24.7. The molecule has 0 aliphatic carbocycles. The average Bonchev–Trinajstić information content (AvgIpc) is 3.43. The molecule has 0 saturated carbocycles. The Labute approximate surface area is 257 Å².